The average molecular weight is 637 g/mol. The number of unbranched alkanes of at least 4 members (excludes halogenated alkanes) is 20. The van der Waals surface area contributed by atoms with Gasteiger partial charge in [-0.1, -0.05) is 153 Å². The Labute approximate surface area is 282 Å². The molecule has 0 saturated heterocycles. The molecule has 0 spiro atoms. The van der Waals surface area contributed by atoms with Gasteiger partial charge in [-0.2, -0.15) is 0 Å². The second-order valence-corrected chi connectivity index (χ2v) is 13.4. The third-order valence-electron chi connectivity index (χ3n) is 9.13. The Hall–Kier alpha value is -2.56. The van der Waals surface area contributed by atoms with Gasteiger partial charge in [0.15, 0.2) is 0 Å². The van der Waals surface area contributed by atoms with Gasteiger partial charge in [0.05, 0.1) is 6.61 Å². The minimum absolute atomic E-state index is 0.0537. The number of fused-ring (bicyclic) bond motifs is 1. The van der Waals surface area contributed by atoms with Crippen LogP contribution in [0.2, 0.25) is 0 Å². The molecule has 0 saturated carbocycles. The number of esters is 1. The van der Waals surface area contributed by atoms with Gasteiger partial charge in [-0.25, -0.2) is 4.79 Å². The Bertz CT molecular complexity index is 1060. The summed E-state index contributed by atoms with van der Waals surface area (Å²) in [5.41, 5.74) is 2.06. The number of hydrogen-bond acceptors (Lipinski definition) is 3. The molecule has 2 N–H and O–H groups in total. The van der Waals surface area contributed by atoms with Crippen molar-refractivity contribution in [3.8, 4) is 0 Å². The van der Waals surface area contributed by atoms with Crippen LogP contribution in [0, 0.1) is 0 Å². The van der Waals surface area contributed by atoms with E-state index in [4.69, 9.17) is 4.74 Å². The van der Waals surface area contributed by atoms with Crippen molar-refractivity contribution in [2.24, 2.45) is 0 Å². The maximum absolute atomic E-state index is 13.2. The Morgan fingerprint density at radius 1 is 0.696 bits per heavy atom. The van der Waals surface area contributed by atoms with Crippen molar-refractivity contribution >= 4 is 22.8 Å². The fraction of sp³-hybridized carbons (Fsp3) is 0.707. The second-order valence-electron chi connectivity index (χ2n) is 13.4. The fourth-order valence-corrected chi connectivity index (χ4v) is 6.20. The standard InChI is InChI=1S/C41H68N2O3/c1-3-5-7-9-11-13-14-15-16-17-18-19-21-23-25-29-33-46-41(45)39(34-36-35-42-38-31-28-27-30-37(36)38)43-40(44)32-26-24-22-20-12-10-8-6-4-2/h15-16,27-28,30-31,35,39,42H,3-14,17-26,29,32-34H2,1-2H3,(H,43,44)/b16-15-/t39-/m0/s1. The molecule has 0 bridgehead atoms. The number of ether oxygens (including phenoxy) is 1. The number of aromatic amines is 1. The smallest absolute Gasteiger partial charge is 0.328 e. The monoisotopic (exact) mass is 637 g/mol. The highest BCUT2D eigenvalue weighted by molar-refractivity contribution is 5.87. The normalized spacial score (nSPS) is 12.2. The third-order valence-corrected chi connectivity index (χ3v) is 9.13. The molecule has 0 unspecified atom stereocenters. The molecule has 2 rings (SSSR count). The lowest BCUT2D eigenvalue weighted by atomic mass is 10.0. The van der Waals surface area contributed by atoms with Crippen LogP contribution in [0.1, 0.15) is 174 Å². The lowest BCUT2D eigenvalue weighted by Crippen LogP contribution is -2.43. The van der Waals surface area contributed by atoms with Crippen LogP contribution >= 0.6 is 0 Å². The molecule has 46 heavy (non-hydrogen) atoms. The van der Waals surface area contributed by atoms with Crippen LogP contribution in [-0.2, 0) is 20.7 Å². The first-order valence-corrected chi connectivity index (χ1v) is 19.3. The van der Waals surface area contributed by atoms with E-state index in [1.165, 1.54) is 122 Å². The summed E-state index contributed by atoms with van der Waals surface area (Å²) in [6.45, 7) is 4.93. The van der Waals surface area contributed by atoms with Gasteiger partial charge in [-0.3, -0.25) is 4.79 Å². The number of benzene rings is 1. The number of para-hydroxylation sites is 1. The van der Waals surface area contributed by atoms with Gasteiger partial charge in [0, 0.05) is 29.9 Å². The van der Waals surface area contributed by atoms with Crippen molar-refractivity contribution < 1.29 is 14.3 Å². The summed E-state index contributed by atoms with van der Waals surface area (Å²) in [5, 5.41) is 4.10. The van der Waals surface area contributed by atoms with Crippen LogP contribution in [-0.4, -0.2) is 29.5 Å². The summed E-state index contributed by atoms with van der Waals surface area (Å²) < 4.78 is 5.71. The Morgan fingerprint density at radius 3 is 1.83 bits per heavy atom. The Kier molecular flexibility index (Phi) is 23.7. The zero-order valence-corrected chi connectivity index (χ0v) is 29.7. The summed E-state index contributed by atoms with van der Waals surface area (Å²) in [5.74, 6) is -0.375. The number of carbonyl (C=O) groups excluding carboxylic acids is 2. The molecular formula is C41H68N2O3. The number of allylic oxidation sites excluding steroid dienone is 2. The van der Waals surface area contributed by atoms with Gasteiger partial charge in [0.25, 0.3) is 0 Å². The highest BCUT2D eigenvalue weighted by Crippen LogP contribution is 2.20. The van der Waals surface area contributed by atoms with E-state index < -0.39 is 6.04 Å². The number of H-pyrrole nitrogens is 1. The molecule has 260 valence electrons. The van der Waals surface area contributed by atoms with Crippen molar-refractivity contribution in [2.45, 2.75) is 180 Å². The van der Waals surface area contributed by atoms with Crippen LogP contribution < -0.4 is 5.32 Å². The zero-order valence-electron chi connectivity index (χ0n) is 29.7. The molecule has 1 heterocycles. The van der Waals surface area contributed by atoms with E-state index >= 15 is 0 Å². The maximum atomic E-state index is 13.2. The quantitative estimate of drug-likeness (QED) is 0.0509. The van der Waals surface area contributed by atoms with E-state index in [2.05, 4.69) is 42.4 Å². The molecule has 5 heteroatoms. The van der Waals surface area contributed by atoms with Crippen molar-refractivity contribution in [2.75, 3.05) is 6.61 Å². The van der Waals surface area contributed by atoms with E-state index in [-0.39, 0.29) is 11.9 Å². The second kappa shape index (κ2) is 27.5. The summed E-state index contributed by atoms with van der Waals surface area (Å²) in [4.78, 5) is 29.3. The first-order valence-electron chi connectivity index (χ1n) is 19.3. The predicted molar refractivity (Wildman–Crippen MR) is 196 cm³/mol. The van der Waals surface area contributed by atoms with E-state index in [1.54, 1.807) is 0 Å². The molecule has 0 aliphatic heterocycles. The van der Waals surface area contributed by atoms with Gasteiger partial charge in [-0.15, -0.1) is 0 Å². The molecular weight excluding hydrogens is 568 g/mol. The first-order chi connectivity index (χ1) is 22.7. The zero-order chi connectivity index (χ0) is 32.9. The largest absolute Gasteiger partial charge is 0.464 e. The predicted octanol–water partition coefficient (Wildman–Crippen LogP) is 11.7. The van der Waals surface area contributed by atoms with Crippen molar-refractivity contribution in [1.82, 2.24) is 10.3 Å². The molecule has 1 amide bonds. The minimum atomic E-state index is -0.667. The summed E-state index contributed by atoms with van der Waals surface area (Å²) >= 11 is 0. The summed E-state index contributed by atoms with van der Waals surface area (Å²) in [7, 11) is 0. The molecule has 1 aromatic heterocycles. The van der Waals surface area contributed by atoms with Gasteiger partial charge >= 0.3 is 5.97 Å². The first kappa shape index (κ1) is 39.6. The van der Waals surface area contributed by atoms with Crippen LogP contribution in [0.15, 0.2) is 42.6 Å². The highest BCUT2D eigenvalue weighted by Gasteiger charge is 2.24. The van der Waals surface area contributed by atoms with Crippen LogP contribution in [0.25, 0.3) is 10.9 Å². The number of hydrogen-bond donors (Lipinski definition) is 2. The number of nitrogens with one attached hydrogen (secondary N) is 2. The Morgan fingerprint density at radius 2 is 1.22 bits per heavy atom. The number of carbonyl (C=O) groups is 2. The molecule has 5 nitrogen and oxygen atoms in total. The fourth-order valence-electron chi connectivity index (χ4n) is 6.20. The molecule has 0 aliphatic rings. The van der Waals surface area contributed by atoms with Crippen molar-refractivity contribution in [3.63, 3.8) is 0 Å². The topological polar surface area (TPSA) is 71.2 Å². The number of aromatic nitrogens is 1. The number of amides is 1. The lowest BCUT2D eigenvalue weighted by Gasteiger charge is -2.18. The molecule has 0 radical (unpaired) electrons. The SMILES string of the molecule is CCCCCCCC/C=C\CCCCCCCCOC(=O)[C@H](Cc1c[nH]c2ccccc12)NC(=O)CCCCCCCCCCC. The molecule has 0 fully saturated rings. The van der Waals surface area contributed by atoms with Gasteiger partial charge in [-0.05, 0) is 50.2 Å². The minimum Gasteiger partial charge on any atom is -0.464 e. The molecule has 2 aromatic rings. The molecule has 0 aliphatic carbocycles. The van der Waals surface area contributed by atoms with Gasteiger partial charge < -0.3 is 15.0 Å². The van der Waals surface area contributed by atoms with Gasteiger partial charge in [0.1, 0.15) is 6.04 Å². The average Bonchev–Trinajstić information content (AvgIpc) is 3.47. The van der Waals surface area contributed by atoms with Crippen LogP contribution in [0.5, 0.6) is 0 Å². The molecule has 1 aromatic carbocycles. The van der Waals surface area contributed by atoms with Crippen molar-refractivity contribution in [1.29, 1.82) is 0 Å². The molecule has 1 atom stereocenters. The lowest BCUT2D eigenvalue weighted by molar-refractivity contribution is -0.148. The number of rotatable bonds is 30. The maximum Gasteiger partial charge on any atom is 0.328 e. The van der Waals surface area contributed by atoms with Crippen LogP contribution in [0.4, 0.5) is 0 Å². The van der Waals surface area contributed by atoms with Crippen molar-refractivity contribution in [3.05, 3.63) is 48.2 Å². The van der Waals surface area contributed by atoms with Gasteiger partial charge in [0.2, 0.25) is 5.91 Å². The van der Waals surface area contributed by atoms with Crippen LogP contribution in [0.3, 0.4) is 0 Å². The van der Waals surface area contributed by atoms with E-state index in [1.807, 2.05) is 24.4 Å². The summed E-state index contributed by atoms with van der Waals surface area (Å²) in [6, 6.07) is 7.42. The third kappa shape index (κ3) is 19.2. The highest BCUT2D eigenvalue weighted by atomic mass is 16.5. The van der Waals surface area contributed by atoms with E-state index in [0.717, 1.165) is 42.1 Å². The Balaban J connectivity index is 1.63. The summed E-state index contributed by atoms with van der Waals surface area (Å²) in [6.07, 6.45) is 36.0. The van der Waals surface area contributed by atoms with E-state index in [9.17, 15) is 9.59 Å². The van der Waals surface area contributed by atoms with E-state index in [0.29, 0.717) is 19.4 Å².